The Labute approximate surface area is 125 Å². The number of benzene rings is 2. The van der Waals surface area contributed by atoms with E-state index in [4.69, 9.17) is 23.2 Å². The number of halogens is 2. The van der Waals surface area contributed by atoms with Gasteiger partial charge >= 0.3 is 0 Å². The van der Waals surface area contributed by atoms with E-state index in [1.165, 1.54) is 11.3 Å². The zero-order valence-corrected chi connectivity index (χ0v) is 12.4. The fourth-order valence-electron chi connectivity index (χ4n) is 1.82. The summed E-state index contributed by atoms with van der Waals surface area (Å²) in [5.41, 5.74) is 2.90. The van der Waals surface area contributed by atoms with Gasteiger partial charge in [-0.2, -0.15) is 0 Å². The number of aryl methyl sites for hydroxylation is 1. The molecule has 0 aliphatic rings. The Morgan fingerprint density at radius 3 is 2.74 bits per heavy atom. The van der Waals surface area contributed by atoms with Crippen LogP contribution in [0.2, 0.25) is 10.0 Å². The molecule has 1 aromatic heterocycles. The van der Waals surface area contributed by atoms with Gasteiger partial charge in [-0.15, -0.1) is 0 Å². The quantitative estimate of drug-likeness (QED) is 0.661. The van der Waals surface area contributed by atoms with Crippen LogP contribution in [0.5, 0.6) is 0 Å². The van der Waals surface area contributed by atoms with E-state index in [0.29, 0.717) is 5.02 Å². The van der Waals surface area contributed by atoms with E-state index < -0.39 is 0 Å². The zero-order valence-electron chi connectivity index (χ0n) is 10.1. The number of aromatic nitrogens is 1. The van der Waals surface area contributed by atoms with Crippen LogP contribution in [0.4, 0.5) is 10.8 Å². The van der Waals surface area contributed by atoms with E-state index in [2.05, 4.69) is 10.3 Å². The predicted molar refractivity (Wildman–Crippen MR) is 84.1 cm³/mol. The Kier molecular flexibility index (Phi) is 3.35. The van der Waals surface area contributed by atoms with E-state index in [1.807, 2.05) is 43.3 Å². The summed E-state index contributed by atoms with van der Waals surface area (Å²) in [6.45, 7) is 2.02. The Hall–Kier alpha value is -1.29. The van der Waals surface area contributed by atoms with Gasteiger partial charge in [0.2, 0.25) is 0 Å². The summed E-state index contributed by atoms with van der Waals surface area (Å²) in [4.78, 5) is 4.50. The first-order valence-corrected chi connectivity index (χ1v) is 7.29. The number of fused-ring (bicyclic) bond motifs is 1. The van der Waals surface area contributed by atoms with Gasteiger partial charge in [-0.25, -0.2) is 4.98 Å². The van der Waals surface area contributed by atoms with Crippen LogP contribution in [0, 0.1) is 6.92 Å². The summed E-state index contributed by atoms with van der Waals surface area (Å²) in [6.07, 6.45) is 0. The monoisotopic (exact) mass is 308 g/mol. The van der Waals surface area contributed by atoms with Crippen LogP contribution in [0.15, 0.2) is 36.4 Å². The summed E-state index contributed by atoms with van der Waals surface area (Å²) >= 11 is 13.8. The van der Waals surface area contributed by atoms with Crippen molar-refractivity contribution in [1.29, 1.82) is 0 Å². The van der Waals surface area contributed by atoms with Gasteiger partial charge in [0.1, 0.15) is 0 Å². The number of nitrogens with zero attached hydrogens (tertiary/aromatic N) is 1. The van der Waals surface area contributed by atoms with Gasteiger partial charge in [-0.05, 0) is 36.8 Å². The number of anilines is 2. The Bertz CT molecular complexity index is 752. The van der Waals surface area contributed by atoms with E-state index in [1.54, 1.807) is 0 Å². The molecule has 3 aromatic rings. The summed E-state index contributed by atoms with van der Waals surface area (Å²) < 4.78 is 0.982. The lowest BCUT2D eigenvalue weighted by Crippen LogP contribution is -1.90. The lowest BCUT2D eigenvalue weighted by atomic mass is 10.2. The van der Waals surface area contributed by atoms with Gasteiger partial charge in [-0.3, -0.25) is 0 Å². The minimum absolute atomic E-state index is 0.677. The minimum atomic E-state index is 0.677. The molecule has 19 heavy (non-hydrogen) atoms. The number of rotatable bonds is 2. The number of hydrogen-bond donors (Lipinski definition) is 1. The van der Waals surface area contributed by atoms with E-state index >= 15 is 0 Å². The molecule has 1 N–H and O–H groups in total. The van der Waals surface area contributed by atoms with Gasteiger partial charge in [0.15, 0.2) is 5.13 Å². The maximum atomic E-state index is 6.16. The number of thiazole rings is 1. The Morgan fingerprint density at radius 1 is 1.11 bits per heavy atom. The van der Waals surface area contributed by atoms with Gasteiger partial charge in [0.25, 0.3) is 0 Å². The molecule has 5 heteroatoms. The van der Waals surface area contributed by atoms with Gasteiger partial charge < -0.3 is 5.32 Å². The molecule has 0 radical (unpaired) electrons. The SMILES string of the molecule is Cc1ccc(Cl)c(Nc2nc3cccc(Cl)c3s2)c1. The van der Waals surface area contributed by atoms with E-state index in [0.717, 1.165) is 31.6 Å². The topological polar surface area (TPSA) is 24.9 Å². The lowest BCUT2D eigenvalue weighted by Gasteiger charge is -2.05. The highest BCUT2D eigenvalue weighted by molar-refractivity contribution is 7.22. The molecule has 3 rings (SSSR count). The predicted octanol–water partition coefficient (Wildman–Crippen LogP) is 5.66. The summed E-state index contributed by atoms with van der Waals surface area (Å²) in [5.74, 6) is 0. The third-order valence-corrected chi connectivity index (χ3v) is 4.51. The molecule has 0 fully saturated rings. The molecule has 0 saturated heterocycles. The van der Waals surface area contributed by atoms with Crippen LogP contribution in [0.1, 0.15) is 5.56 Å². The molecule has 0 spiro atoms. The lowest BCUT2D eigenvalue weighted by molar-refractivity contribution is 1.41. The average Bonchev–Trinajstić information content (AvgIpc) is 2.78. The molecule has 0 saturated carbocycles. The third kappa shape index (κ3) is 2.54. The molecule has 2 aromatic carbocycles. The largest absolute Gasteiger partial charge is 0.330 e. The van der Waals surface area contributed by atoms with Gasteiger partial charge in [0, 0.05) is 0 Å². The highest BCUT2D eigenvalue weighted by Crippen LogP contribution is 2.34. The van der Waals surface area contributed by atoms with Crippen LogP contribution in [0.25, 0.3) is 10.2 Å². The maximum absolute atomic E-state index is 6.16. The van der Waals surface area contributed by atoms with Crippen molar-refractivity contribution >= 4 is 55.6 Å². The smallest absolute Gasteiger partial charge is 0.188 e. The fraction of sp³-hybridized carbons (Fsp3) is 0.0714. The van der Waals surface area contributed by atoms with E-state index in [-0.39, 0.29) is 0 Å². The molecule has 0 atom stereocenters. The Balaban J connectivity index is 2.01. The van der Waals surface area contributed by atoms with Crippen molar-refractivity contribution in [2.24, 2.45) is 0 Å². The first-order chi connectivity index (χ1) is 9.13. The fourth-order valence-corrected chi connectivity index (χ4v) is 3.15. The van der Waals surface area contributed by atoms with Crippen LogP contribution in [-0.4, -0.2) is 4.98 Å². The molecular formula is C14H10Cl2N2S. The summed E-state index contributed by atoms with van der Waals surface area (Å²) in [6, 6.07) is 11.6. The van der Waals surface area contributed by atoms with Crippen molar-refractivity contribution in [2.45, 2.75) is 6.92 Å². The second-order valence-corrected chi connectivity index (χ2v) is 6.03. The standard InChI is InChI=1S/C14H10Cl2N2S/c1-8-5-6-9(15)12(7-8)18-14-17-11-4-2-3-10(16)13(11)19-14/h2-7H,1H3,(H,17,18). The molecule has 96 valence electrons. The molecule has 0 unspecified atom stereocenters. The van der Waals surface area contributed by atoms with Crippen LogP contribution in [-0.2, 0) is 0 Å². The van der Waals surface area contributed by atoms with Crippen LogP contribution < -0.4 is 5.32 Å². The Morgan fingerprint density at radius 2 is 1.95 bits per heavy atom. The second kappa shape index (κ2) is 5.00. The van der Waals surface area contributed by atoms with E-state index in [9.17, 15) is 0 Å². The average molecular weight is 309 g/mol. The molecule has 0 amide bonds. The van der Waals surface area contributed by atoms with Crippen LogP contribution in [0.3, 0.4) is 0 Å². The third-order valence-electron chi connectivity index (χ3n) is 2.73. The van der Waals surface area contributed by atoms with Crippen molar-refractivity contribution in [1.82, 2.24) is 4.98 Å². The van der Waals surface area contributed by atoms with Crippen molar-refractivity contribution < 1.29 is 0 Å². The zero-order chi connectivity index (χ0) is 13.4. The highest BCUT2D eigenvalue weighted by atomic mass is 35.5. The van der Waals surface area contributed by atoms with Crippen molar-refractivity contribution in [3.05, 3.63) is 52.0 Å². The second-order valence-electron chi connectivity index (χ2n) is 4.22. The number of nitrogens with one attached hydrogen (secondary N) is 1. The van der Waals surface area contributed by atoms with Crippen molar-refractivity contribution in [3.8, 4) is 0 Å². The first-order valence-electron chi connectivity index (χ1n) is 5.72. The first kappa shape index (κ1) is 12.7. The molecule has 2 nitrogen and oxygen atoms in total. The van der Waals surface area contributed by atoms with Crippen LogP contribution >= 0.6 is 34.5 Å². The normalized spacial score (nSPS) is 10.9. The molecule has 1 heterocycles. The summed E-state index contributed by atoms with van der Waals surface area (Å²) in [7, 11) is 0. The minimum Gasteiger partial charge on any atom is -0.330 e. The molecule has 0 bridgehead atoms. The van der Waals surface area contributed by atoms with Crippen molar-refractivity contribution in [2.75, 3.05) is 5.32 Å². The van der Waals surface area contributed by atoms with Gasteiger partial charge in [-0.1, -0.05) is 46.7 Å². The molecular weight excluding hydrogens is 299 g/mol. The van der Waals surface area contributed by atoms with Crippen molar-refractivity contribution in [3.63, 3.8) is 0 Å². The summed E-state index contributed by atoms with van der Waals surface area (Å²) in [5, 5.41) is 5.43. The number of hydrogen-bond acceptors (Lipinski definition) is 3. The molecule has 0 aliphatic heterocycles. The molecule has 0 aliphatic carbocycles. The van der Waals surface area contributed by atoms with Gasteiger partial charge in [0.05, 0.1) is 25.9 Å². The maximum Gasteiger partial charge on any atom is 0.188 e. The highest BCUT2D eigenvalue weighted by Gasteiger charge is 2.08.